The van der Waals surface area contributed by atoms with E-state index in [2.05, 4.69) is 11.1 Å². The molecule has 0 radical (unpaired) electrons. The molecular weight excluding hydrogens is 200 g/mol. The molecule has 0 fully saturated rings. The Balaban J connectivity index is 2.32. The molecule has 0 unspecified atom stereocenters. The Labute approximate surface area is 94.3 Å². The second-order valence-electron chi connectivity index (χ2n) is 3.35. The molecule has 1 N–H and O–H groups in total. The second kappa shape index (κ2) is 4.54. The molecule has 1 aromatic carbocycles. The van der Waals surface area contributed by atoms with Crippen molar-refractivity contribution in [3.8, 4) is 22.9 Å². The molecule has 3 nitrogen and oxygen atoms in total. The van der Waals surface area contributed by atoms with Crippen molar-refractivity contribution >= 4 is 0 Å². The number of nitrogens with one attached hydrogen (secondary N) is 1. The molecule has 16 heavy (non-hydrogen) atoms. The lowest BCUT2D eigenvalue weighted by Crippen LogP contribution is -1.90. The number of nitrogens with zero attached hydrogens (tertiary/aromatic N) is 1. The first-order chi connectivity index (χ1) is 7.85. The number of aromatic amines is 1. The fraction of sp³-hybridized carbons (Fsp3) is 0.154. The second-order valence-corrected chi connectivity index (χ2v) is 3.35. The summed E-state index contributed by atoms with van der Waals surface area (Å²) in [6.07, 6.45) is 3.53. The van der Waals surface area contributed by atoms with Gasteiger partial charge in [-0.15, -0.1) is 0 Å². The lowest BCUT2D eigenvalue weighted by Gasteiger charge is -2.04. The van der Waals surface area contributed by atoms with Gasteiger partial charge in [-0.25, -0.2) is 0 Å². The lowest BCUT2D eigenvalue weighted by molar-refractivity contribution is 0.340. The number of hydrogen-bond acceptors (Lipinski definition) is 2. The van der Waals surface area contributed by atoms with Crippen molar-refractivity contribution in [1.82, 2.24) is 4.98 Å². The maximum absolute atomic E-state index is 8.91. The third-order valence-corrected chi connectivity index (χ3v) is 2.34. The van der Waals surface area contributed by atoms with E-state index in [0.29, 0.717) is 12.2 Å². The van der Waals surface area contributed by atoms with Crippen LogP contribution in [0.3, 0.4) is 0 Å². The van der Waals surface area contributed by atoms with Crippen molar-refractivity contribution in [1.29, 1.82) is 5.26 Å². The largest absolute Gasteiger partial charge is 0.494 e. The van der Waals surface area contributed by atoms with Gasteiger partial charge in [-0.05, 0) is 24.6 Å². The highest BCUT2D eigenvalue weighted by Gasteiger charge is 2.05. The third-order valence-electron chi connectivity index (χ3n) is 2.34. The van der Waals surface area contributed by atoms with Crippen molar-refractivity contribution in [2.24, 2.45) is 0 Å². The zero-order valence-electron chi connectivity index (χ0n) is 9.03. The van der Waals surface area contributed by atoms with Crippen molar-refractivity contribution in [2.75, 3.05) is 6.61 Å². The van der Waals surface area contributed by atoms with E-state index < -0.39 is 0 Å². The molecule has 0 spiro atoms. The fourth-order valence-corrected chi connectivity index (χ4v) is 1.59. The molecule has 80 valence electrons. The molecule has 0 saturated heterocycles. The Morgan fingerprint density at radius 1 is 1.25 bits per heavy atom. The van der Waals surface area contributed by atoms with E-state index >= 15 is 0 Å². The highest BCUT2D eigenvalue weighted by molar-refractivity contribution is 5.70. The van der Waals surface area contributed by atoms with Gasteiger partial charge < -0.3 is 9.72 Å². The molecule has 3 heteroatoms. The van der Waals surface area contributed by atoms with Gasteiger partial charge in [-0.2, -0.15) is 5.26 Å². The summed E-state index contributed by atoms with van der Waals surface area (Å²) in [5.41, 5.74) is 2.59. The van der Waals surface area contributed by atoms with Crippen LogP contribution < -0.4 is 4.74 Å². The van der Waals surface area contributed by atoms with E-state index in [1.807, 2.05) is 37.4 Å². The standard InChI is InChI=1S/C13H12N2O/c1-2-16-12-5-3-10(4-6-12)13-9-15-8-11(13)7-14/h3-6,8-9,15H,2H2,1H3. The van der Waals surface area contributed by atoms with Crippen molar-refractivity contribution in [3.05, 3.63) is 42.2 Å². The topological polar surface area (TPSA) is 48.8 Å². The molecule has 0 amide bonds. The monoisotopic (exact) mass is 212 g/mol. The summed E-state index contributed by atoms with van der Waals surface area (Å²) in [5.74, 6) is 0.847. The first-order valence-electron chi connectivity index (χ1n) is 5.15. The van der Waals surface area contributed by atoms with Crippen LogP contribution in [0.2, 0.25) is 0 Å². The van der Waals surface area contributed by atoms with Gasteiger partial charge in [0.1, 0.15) is 11.8 Å². The van der Waals surface area contributed by atoms with Crippen LogP contribution in [0.5, 0.6) is 5.75 Å². The number of benzene rings is 1. The Kier molecular flexibility index (Phi) is 2.93. The number of H-pyrrole nitrogens is 1. The summed E-state index contributed by atoms with van der Waals surface area (Å²) >= 11 is 0. The van der Waals surface area contributed by atoms with Crippen molar-refractivity contribution < 1.29 is 4.74 Å². The van der Waals surface area contributed by atoms with E-state index in [4.69, 9.17) is 10.00 Å². The van der Waals surface area contributed by atoms with Crippen LogP contribution >= 0.6 is 0 Å². The van der Waals surface area contributed by atoms with Crippen LogP contribution in [0.1, 0.15) is 12.5 Å². The number of hydrogen-bond donors (Lipinski definition) is 1. The van der Waals surface area contributed by atoms with Crippen LogP contribution in [0.25, 0.3) is 11.1 Å². The van der Waals surface area contributed by atoms with Gasteiger partial charge in [-0.1, -0.05) is 12.1 Å². The smallest absolute Gasteiger partial charge is 0.119 e. The molecule has 2 rings (SSSR count). The molecule has 1 heterocycles. The molecule has 1 aromatic heterocycles. The van der Waals surface area contributed by atoms with Crippen LogP contribution in [0.15, 0.2) is 36.7 Å². The summed E-state index contributed by atoms with van der Waals surface area (Å²) in [7, 11) is 0. The average molecular weight is 212 g/mol. The SMILES string of the molecule is CCOc1ccc(-c2c[nH]cc2C#N)cc1. The lowest BCUT2D eigenvalue weighted by atomic mass is 10.1. The van der Waals surface area contributed by atoms with Gasteiger partial charge in [0, 0.05) is 18.0 Å². The normalized spacial score (nSPS) is 9.75. The van der Waals surface area contributed by atoms with E-state index in [1.165, 1.54) is 0 Å². The molecule has 2 aromatic rings. The Hall–Kier alpha value is -2.21. The molecule has 0 aliphatic rings. The molecular formula is C13H12N2O. The predicted molar refractivity (Wildman–Crippen MR) is 62.1 cm³/mol. The molecule has 0 bridgehead atoms. The van der Waals surface area contributed by atoms with Crippen LogP contribution in [-0.2, 0) is 0 Å². The van der Waals surface area contributed by atoms with Crippen LogP contribution in [0.4, 0.5) is 0 Å². The van der Waals surface area contributed by atoms with E-state index in [1.54, 1.807) is 6.20 Å². The fourth-order valence-electron chi connectivity index (χ4n) is 1.59. The highest BCUT2D eigenvalue weighted by atomic mass is 16.5. The van der Waals surface area contributed by atoms with Gasteiger partial charge in [0.2, 0.25) is 0 Å². The zero-order valence-corrected chi connectivity index (χ0v) is 9.03. The molecule has 0 aliphatic heterocycles. The Bertz CT molecular complexity index is 505. The Morgan fingerprint density at radius 3 is 2.62 bits per heavy atom. The number of aromatic nitrogens is 1. The maximum Gasteiger partial charge on any atom is 0.119 e. The van der Waals surface area contributed by atoms with Crippen molar-refractivity contribution in [3.63, 3.8) is 0 Å². The number of nitriles is 1. The van der Waals surface area contributed by atoms with E-state index in [9.17, 15) is 0 Å². The first-order valence-corrected chi connectivity index (χ1v) is 5.15. The Morgan fingerprint density at radius 2 is 2.00 bits per heavy atom. The van der Waals surface area contributed by atoms with Gasteiger partial charge in [-0.3, -0.25) is 0 Å². The van der Waals surface area contributed by atoms with Gasteiger partial charge in [0.15, 0.2) is 0 Å². The minimum Gasteiger partial charge on any atom is -0.494 e. The van der Waals surface area contributed by atoms with Crippen molar-refractivity contribution in [2.45, 2.75) is 6.92 Å². The summed E-state index contributed by atoms with van der Waals surface area (Å²) in [4.78, 5) is 2.93. The average Bonchev–Trinajstić information content (AvgIpc) is 2.78. The van der Waals surface area contributed by atoms with Gasteiger partial charge in [0.05, 0.1) is 12.2 Å². The van der Waals surface area contributed by atoms with Crippen LogP contribution in [0, 0.1) is 11.3 Å². The molecule has 0 atom stereocenters. The van der Waals surface area contributed by atoms with Gasteiger partial charge in [0.25, 0.3) is 0 Å². The summed E-state index contributed by atoms with van der Waals surface area (Å²) in [6.45, 7) is 2.61. The zero-order chi connectivity index (χ0) is 11.4. The number of ether oxygens (including phenoxy) is 1. The van der Waals surface area contributed by atoms with E-state index in [-0.39, 0.29) is 0 Å². The summed E-state index contributed by atoms with van der Waals surface area (Å²) in [6, 6.07) is 9.88. The third kappa shape index (κ3) is 1.91. The number of rotatable bonds is 3. The minimum absolute atomic E-state index is 0.657. The first kappa shape index (κ1) is 10.3. The molecule has 0 aliphatic carbocycles. The minimum atomic E-state index is 0.657. The predicted octanol–water partition coefficient (Wildman–Crippen LogP) is 2.95. The highest BCUT2D eigenvalue weighted by Crippen LogP contribution is 2.25. The quantitative estimate of drug-likeness (QED) is 0.850. The summed E-state index contributed by atoms with van der Waals surface area (Å²) < 4.78 is 5.36. The van der Waals surface area contributed by atoms with Crippen LogP contribution in [-0.4, -0.2) is 11.6 Å². The van der Waals surface area contributed by atoms with E-state index in [0.717, 1.165) is 16.9 Å². The molecule has 0 saturated carbocycles. The summed E-state index contributed by atoms with van der Waals surface area (Å²) in [5, 5.41) is 8.91. The van der Waals surface area contributed by atoms with Gasteiger partial charge >= 0.3 is 0 Å². The maximum atomic E-state index is 8.91.